The van der Waals surface area contributed by atoms with Gasteiger partial charge < -0.3 is 4.90 Å². The Morgan fingerprint density at radius 2 is 1.61 bits per heavy atom. The van der Waals surface area contributed by atoms with Gasteiger partial charge in [-0.25, -0.2) is 0 Å². The fourth-order valence-corrected chi connectivity index (χ4v) is 2.45. The highest BCUT2D eigenvalue weighted by Crippen LogP contribution is 2.18. The highest BCUT2D eigenvalue weighted by molar-refractivity contribution is 6.30. The molecule has 0 spiro atoms. The quantitative estimate of drug-likeness (QED) is 0.734. The number of rotatable bonds is 6. The molecule has 0 aromatic heterocycles. The van der Waals surface area contributed by atoms with E-state index in [1.165, 1.54) is 0 Å². The average Bonchev–Trinajstić information content (AvgIpc) is 2.59. The summed E-state index contributed by atoms with van der Waals surface area (Å²) in [6, 6.07) is 13.6. The van der Waals surface area contributed by atoms with Crippen LogP contribution >= 0.6 is 11.6 Å². The molecule has 2 rings (SSSR count). The smallest absolute Gasteiger partial charge is 0.254 e. The first-order chi connectivity index (χ1) is 11.0. The summed E-state index contributed by atoms with van der Waals surface area (Å²) in [7, 11) is 1.77. The molecule has 4 heteroatoms. The zero-order valence-corrected chi connectivity index (χ0v) is 14.1. The van der Waals surface area contributed by atoms with Crippen LogP contribution in [-0.2, 0) is 0 Å². The molecule has 0 aliphatic heterocycles. The zero-order chi connectivity index (χ0) is 16.8. The summed E-state index contributed by atoms with van der Waals surface area (Å²) in [5.74, 6) is -0.300. The molecule has 2 aromatic carbocycles. The molecule has 0 unspecified atom stereocenters. The van der Waals surface area contributed by atoms with Gasteiger partial charge in [-0.3, -0.25) is 9.59 Å². The third kappa shape index (κ3) is 4.20. The van der Waals surface area contributed by atoms with E-state index in [4.69, 9.17) is 11.6 Å². The first kappa shape index (κ1) is 17.2. The molecule has 0 bridgehead atoms. The Balaban J connectivity index is 2.31. The number of nitrogens with zero attached hydrogens (tertiary/aromatic N) is 1. The lowest BCUT2D eigenvalue weighted by atomic mass is 9.97. The molecule has 23 heavy (non-hydrogen) atoms. The van der Waals surface area contributed by atoms with Gasteiger partial charge in [0.1, 0.15) is 0 Å². The van der Waals surface area contributed by atoms with Crippen molar-refractivity contribution in [2.24, 2.45) is 0 Å². The van der Waals surface area contributed by atoms with E-state index in [0.717, 1.165) is 12.8 Å². The summed E-state index contributed by atoms with van der Waals surface area (Å²) in [5.41, 5.74) is 1.38. The van der Waals surface area contributed by atoms with Crippen LogP contribution in [-0.4, -0.2) is 30.2 Å². The summed E-state index contributed by atoms with van der Waals surface area (Å²) < 4.78 is 0. The molecule has 0 fully saturated rings. The monoisotopic (exact) mass is 329 g/mol. The summed E-state index contributed by atoms with van der Waals surface area (Å²) >= 11 is 5.86. The zero-order valence-electron chi connectivity index (χ0n) is 13.4. The molecular weight excluding hydrogens is 310 g/mol. The fraction of sp³-hybridized carbons (Fsp3) is 0.263. The molecule has 0 aliphatic rings. The number of carbonyl (C=O) groups is 2. The van der Waals surface area contributed by atoms with Gasteiger partial charge in [-0.1, -0.05) is 43.1 Å². The van der Waals surface area contributed by atoms with Crippen LogP contribution in [0.25, 0.3) is 0 Å². The standard InChI is InChI=1S/C19H20ClNO2/c1-3-4-13-21(2)19(23)17-8-6-5-7-16(17)18(22)14-9-11-15(20)12-10-14/h5-12H,3-4,13H2,1-2H3. The minimum atomic E-state index is -0.172. The van der Waals surface area contributed by atoms with Crippen LogP contribution in [0, 0.1) is 0 Å². The average molecular weight is 330 g/mol. The molecule has 120 valence electrons. The number of halogens is 1. The molecule has 0 saturated carbocycles. The molecule has 0 heterocycles. The molecule has 0 atom stereocenters. The number of hydrogen-bond donors (Lipinski definition) is 0. The van der Waals surface area contributed by atoms with E-state index in [-0.39, 0.29) is 11.7 Å². The van der Waals surface area contributed by atoms with Crippen molar-refractivity contribution >= 4 is 23.3 Å². The van der Waals surface area contributed by atoms with E-state index >= 15 is 0 Å². The second-order valence-corrected chi connectivity index (χ2v) is 5.90. The van der Waals surface area contributed by atoms with E-state index in [1.807, 2.05) is 0 Å². The van der Waals surface area contributed by atoms with Gasteiger partial charge in [0.25, 0.3) is 5.91 Å². The van der Waals surface area contributed by atoms with Crippen molar-refractivity contribution in [3.63, 3.8) is 0 Å². The van der Waals surface area contributed by atoms with Crippen molar-refractivity contribution in [3.8, 4) is 0 Å². The van der Waals surface area contributed by atoms with Gasteiger partial charge in [0, 0.05) is 29.7 Å². The fourth-order valence-electron chi connectivity index (χ4n) is 2.33. The van der Waals surface area contributed by atoms with Crippen LogP contribution in [0.5, 0.6) is 0 Å². The second-order valence-electron chi connectivity index (χ2n) is 5.46. The Labute approximate surface area is 141 Å². The second kappa shape index (κ2) is 7.93. The van der Waals surface area contributed by atoms with Gasteiger partial charge in [-0.15, -0.1) is 0 Å². The maximum atomic E-state index is 12.7. The van der Waals surface area contributed by atoms with Crippen molar-refractivity contribution in [1.29, 1.82) is 0 Å². The van der Waals surface area contributed by atoms with Crippen LogP contribution in [0.15, 0.2) is 48.5 Å². The SMILES string of the molecule is CCCCN(C)C(=O)c1ccccc1C(=O)c1ccc(Cl)cc1. The molecule has 2 aromatic rings. The molecule has 0 aliphatic carbocycles. The highest BCUT2D eigenvalue weighted by atomic mass is 35.5. The molecule has 0 saturated heterocycles. The van der Waals surface area contributed by atoms with E-state index < -0.39 is 0 Å². The lowest BCUT2D eigenvalue weighted by Gasteiger charge is -2.18. The highest BCUT2D eigenvalue weighted by Gasteiger charge is 2.20. The van der Waals surface area contributed by atoms with Crippen LogP contribution < -0.4 is 0 Å². The normalized spacial score (nSPS) is 10.4. The van der Waals surface area contributed by atoms with Gasteiger partial charge in [-0.05, 0) is 36.8 Å². The van der Waals surface area contributed by atoms with E-state index in [0.29, 0.717) is 28.3 Å². The van der Waals surface area contributed by atoms with Crippen LogP contribution in [0.3, 0.4) is 0 Å². The minimum absolute atomic E-state index is 0.128. The van der Waals surface area contributed by atoms with E-state index in [1.54, 1.807) is 60.5 Å². The van der Waals surface area contributed by atoms with Crippen LogP contribution in [0.1, 0.15) is 46.0 Å². The summed E-state index contributed by atoms with van der Waals surface area (Å²) in [6.45, 7) is 2.76. The third-order valence-electron chi connectivity index (χ3n) is 3.70. The Bertz CT molecular complexity index is 695. The number of benzene rings is 2. The third-order valence-corrected chi connectivity index (χ3v) is 3.95. The van der Waals surface area contributed by atoms with Crippen molar-refractivity contribution < 1.29 is 9.59 Å². The first-order valence-electron chi connectivity index (χ1n) is 7.69. The van der Waals surface area contributed by atoms with Crippen molar-refractivity contribution in [2.75, 3.05) is 13.6 Å². The van der Waals surface area contributed by atoms with Crippen LogP contribution in [0.2, 0.25) is 5.02 Å². The topological polar surface area (TPSA) is 37.4 Å². The first-order valence-corrected chi connectivity index (χ1v) is 8.07. The van der Waals surface area contributed by atoms with Crippen molar-refractivity contribution in [3.05, 3.63) is 70.2 Å². The lowest BCUT2D eigenvalue weighted by Crippen LogP contribution is -2.29. The largest absolute Gasteiger partial charge is 0.342 e. The number of hydrogen-bond acceptors (Lipinski definition) is 2. The molecule has 0 N–H and O–H groups in total. The van der Waals surface area contributed by atoms with Gasteiger partial charge in [-0.2, -0.15) is 0 Å². The Kier molecular flexibility index (Phi) is 5.94. The van der Waals surface area contributed by atoms with Gasteiger partial charge in [0.15, 0.2) is 5.78 Å². The number of unbranched alkanes of at least 4 members (excludes halogenated alkanes) is 1. The van der Waals surface area contributed by atoms with Gasteiger partial charge in [0.05, 0.1) is 5.56 Å². The number of amides is 1. The predicted molar refractivity (Wildman–Crippen MR) is 93.2 cm³/mol. The van der Waals surface area contributed by atoms with Gasteiger partial charge in [0.2, 0.25) is 0 Å². The van der Waals surface area contributed by atoms with E-state index in [2.05, 4.69) is 6.92 Å². The Morgan fingerprint density at radius 3 is 2.22 bits per heavy atom. The Morgan fingerprint density at radius 1 is 1.00 bits per heavy atom. The predicted octanol–water partition coefficient (Wildman–Crippen LogP) is 4.44. The van der Waals surface area contributed by atoms with Crippen molar-refractivity contribution in [1.82, 2.24) is 4.90 Å². The molecular formula is C19H20ClNO2. The lowest BCUT2D eigenvalue weighted by molar-refractivity contribution is 0.0788. The minimum Gasteiger partial charge on any atom is -0.342 e. The molecule has 3 nitrogen and oxygen atoms in total. The molecule has 1 amide bonds. The van der Waals surface area contributed by atoms with Gasteiger partial charge >= 0.3 is 0 Å². The van der Waals surface area contributed by atoms with Crippen molar-refractivity contribution in [2.45, 2.75) is 19.8 Å². The maximum absolute atomic E-state index is 12.7. The Hall–Kier alpha value is -2.13. The number of ketones is 1. The maximum Gasteiger partial charge on any atom is 0.254 e. The molecule has 0 radical (unpaired) electrons. The number of carbonyl (C=O) groups excluding carboxylic acids is 2. The summed E-state index contributed by atoms with van der Waals surface area (Å²) in [5, 5.41) is 0.574. The summed E-state index contributed by atoms with van der Waals surface area (Å²) in [4.78, 5) is 27.0. The van der Waals surface area contributed by atoms with E-state index in [9.17, 15) is 9.59 Å². The van der Waals surface area contributed by atoms with Crippen LogP contribution in [0.4, 0.5) is 0 Å². The summed E-state index contributed by atoms with van der Waals surface area (Å²) in [6.07, 6.45) is 1.96.